The molecule has 0 aromatic rings. The van der Waals surface area contributed by atoms with Gasteiger partial charge in [0.15, 0.2) is 6.10 Å². The highest BCUT2D eigenvalue weighted by Crippen LogP contribution is 2.16. The van der Waals surface area contributed by atoms with E-state index in [1.54, 1.807) is 0 Å². The largest absolute Gasteiger partial charge is 0.462 e. The number of carbonyl (C=O) groups excluding carboxylic acids is 3. The third-order valence-electron chi connectivity index (χ3n) is 11.7. The molecule has 0 amide bonds. The smallest absolute Gasteiger partial charge is 0.306 e. The summed E-state index contributed by atoms with van der Waals surface area (Å²) in [6.07, 6.45) is 63.5. The summed E-state index contributed by atoms with van der Waals surface area (Å²) in [6, 6.07) is 0. The summed E-state index contributed by atoms with van der Waals surface area (Å²) in [5.41, 5.74) is 0. The molecule has 63 heavy (non-hydrogen) atoms. The summed E-state index contributed by atoms with van der Waals surface area (Å²) < 4.78 is 16.8. The molecule has 6 nitrogen and oxygen atoms in total. The van der Waals surface area contributed by atoms with E-state index in [1.165, 1.54) is 154 Å². The lowest BCUT2D eigenvalue weighted by Gasteiger charge is -2.18. The molecular weight excluding hydrogens is 781 g/mol. The van der Waals surface area contributed by atoms with Crippen molar-refractivity contribution in [2.45, 2.75) is 271 Å². The summed E-state index contributed by atoms with van der Waals surface area (Å²) in [5.74, 6) is -0.922. The van der Waals surface area contributed by atoms with Gasteiger partial charge in [-0.2, -0.15) is 0 Å². The summed E-state index contributed by atoms with van der Waals surface area (Å²) >= 11 is 0. The lowest BCUT2D eigenvalue weighted by Crippen LogP contribution is -2.30. The summed E-state index contributed by atoms with van der Waals surface area (Å²) in [5, 5.41) is 0. The molecule has 0 aliphatic heterocycles. The molecule has 0 spiro atoms. The molecule has 0 N–H and O–H groups in total. The zero-order valence-corrected chi connectivity index (χ0v) is 41.6. The van der Waals surface area contributed by atoms with Crippen molar-refractivity contribution >= 4 is 17.9 Å². The summed E-state index contributed by atoms with van der Waals surface area (Å²) in [4.78, 5) is 38.0. The molecule has 0 aliphatic rings. The highest BCUT2D eigenvalue weighted by molar-refractivity contribution is 5.71. The van der Waals surface area contributed by atoms with Crippen molar-refractivity contribution in [3.63, 3.8) is 0 Å². The first kappa shape index (κ1) is 60.1. The number of rotatable bonds is 48. The second-order valence-electron chi connectivity index (χ2n) is 17.9. The Kier molecular flexibility index (Phi) is 49.4. The summed E-state index contributed by atoms with van der Waals surface area (Å²) in [6.45, 7) is 6.48. The quantitative estimate of drug-likeness (QED) is 0.0262. The number of carbonyl (C=O) groups is 3. The van der Waals surface area contributed by atoms with Gasteiger partial charge >= 0.3 is 17.9 Å². The summed E-state index contributed by atoms with van der Waals surface area (Å²) in [7, 11) is 0. The highest BCUT2D eigenvalue weighted by Gasteiger charge is 2.19. The van der Waals surface area contributed by atoms with E-state index in [-0.39, 0.29) is 37.5 Å². The second-order valence-corrected chi connectivity index (χ2v) is 17.9. The normalized spacial score (nSPS) is 12.5. The fourth-order valence-electron chi connectivity index (χ4n) is 7.64. The van der Waals surface area contributed by atoms with Gasteiger partial charge in [-0.05, 0) is 38.5 Å². The maximum absolute atomic E-state index is 12.8. The number of hydrogen-bond donors (Lipinski definition) is 0. The van der Waals surface area contributed by atoms with Crippen LogP contribution in [-0.4, -0.2) is 37.2 Å². The maximum atomic E-state index is 12.8. The van der Waals surface area contributed by atoms with Gasteiger partial charge in [-0.1, -0.05) is 268 Å². The van der Waals surface area contributed by atoms with Gasteiger partial charge in [0, 0.05) is 19.3 Å². The van der Waals surface area contributed by atoms with Crippen molar-refractivity contribution in [3.05, 3.63) is 60.8 Å². The van der Waals surface area contributed by atoms with Crippen LogP contribution < -0.4 is 0 Å². The molecule has 0 saturated carbocycles. The van der Waals surface area contributed by atoms with E-state index in [1.807, 2.05) is 48.6 Å². The van der Waals surface area contributed by atoms with E-state index in [4.69, 9.17) is 14.2 Å². The zero-order valence-electron chi connectivity index (χ0n) is 41.6. The number of unbranched alkanes of at least 4 members (excludes halogenated alkanes) is 31. The lowest BCUT2D eigenvalue weighted by atomic mass is 10.0. The van der Waals surface area contributed by atoms with Gasteiger partial charge in [-0.3, -0.25) is 14.4 Å². The van der Waals surface area contributed by atoms with Crippen molar-refractivity contribution in [1.82, 2.24) is 0 Å². The topological polar surface area (TPSA) is 78.9 Å². The van der Waals surface area contributed by atoms with Crippen LogP contribution in [0.1, 0.15) is 265 Å². The molecule has 6 heteroatoms. The molecule has 0 heterocycles. The van der Waals surface area contributed by atoms with Crippen molar-refractivity contribution in [1.29, 1.82) is 0 Å². The number of esters is 3. The Morgan fingerprint density at radius 3 is 0.968 bits per heavy atom. The van der Waals surface area contributed by atoms with Crippen molar-refractivity contribution in [2.75, 3.05) is 13.2 Å². The van der Waals surface area contributed by atoms with Gasteiger partial charge in [0.2, 0.25) is 0 Å². The average molecular weight is 881 g/mol. The fourth-order valence-corrected chi connectivity index (χ4v) is 7.64. The van der Waals surface area contributed by atoms with Gasteiger partial charge in [-0.25, -0.2) is 0 Å². The monoisotopic (exact) mass is 881 g/mol. The molecule has 1 unspecified atom stereocenters. The molecule has 0 aromatic heterocycles. The third kappa shape index (κ3) is 50.0. The van der Waals surface area contributed by atoms with Crippen LogP contribution >= 0.6 is 0 Å². The van der Waals surface area contributed by atoms with Crippen LogP contribution in [-0.2, 0) is 28.6 Å². The highest BCUT2D eigenvalue weighted by atomic mass is 16.6. The van der Waals surface area contributed by atoms with Crippen molar-refractivity contribution in [2.24, 2.45) is 0 Å². The van der Waals surface area contributed by atoms with Crippen LogP contribution in [0.25, 0.3) is 0 Å². The minimum atomic E-state index is -0.792. The van der Waals surface area contributed by atoms with Gasteiger partial charge in [-0.15, -0.1) is 0 Å². The molecule has 0 aliphatic carbocycles. The van der Waals surface area contributed by atoms with Crippen LogP contribution in [0.15, 0.2) is 60.8 Å². The minimum Gasteiger partial charge on any atom is -0.462 e. The molecule has 0 bridgehead atoms. The Labute approximate surface area is 390 Å². The van der Waals surface area contributed by atoms with Crippen LogP contribution in [0.4, 0.5) is 0 Å². The maximum Gasteiger partial charge on any atom is 0.306 e. The van der Waals surface area contributed by atoms with Gasteiger partial charge in [0.05, 0.1) is 0 Å². The Morgan fingerprint density at radius 1 is 0.333 bits per heavy atom. The molecule has 364 valence electrons. The van der Waals surface area contributed by atoms with Crippen molar-refractivity contribution in [3.8, 4) is 0 Å². The molecular formula is C57H100O6. The van der Waals surface area contributed by atoms with Crippen LogP contribution in [0.5, 0.6) is 0 Å². The van der Waals surface area contributed by atoms with Crippen LogP contribution in [0.2, 0.25) is 0 Å². The average Bonchev–Trinajstić information content (AvgIpc) is 3.28. The molecule has 0 fully saturated rings. The van der Waals surface area contributed by atoms with Crippen LogP contribution in [0, 0.1) is 0 Å². The number of hydrogen-bond acceptors (Lipinski definition) is 6. The van der Waals surface area contributed by atoms with E-state index in [0.717, 1.165) is 64.2 Å². The minimum absolute atomic E-state index is 0.0882. The molecule has 0 rings (SSSR count). The predicted octanol–water partition coefficient (Wildman–Crippen LogP) is 17.6. The van der Waals surface area contributed by atoms with E-state index in [9.17, 15) is 14.4 Å². The fraction of sp³-hybridized carbons (Fsp3) is 0.772. The van der Waals surface area contributed by atoms with Gasteiger partial charge < -0.3 is 14.2 Å². The van der Waals surface area contributed by atoms with Gasteiger partial charge in [0.25, 0.3) is 0 Å². The lowest BCUT2D eigenvalue weighted by molar-refractivity contribution is -0.167. The second kappa shape index (κ2) is 51.7. The van der Waals surface area contributed by atoms with E-state index in [2.05, 4.69) is 32.9 Å². The molecule has 0 aromatic carbocycles. The van der Waals surface area contributed by atoms with Gasteiger partial charge in [0.1, 0.15) is 13.2 Å². The Bertz CT molecular complexity index is 1150. The predicted molar refractivity (Wildman–Crippen MR) is 270 cm³/mol. The first-order chi connectivity index (χ1) is 31.0. The molecule has 0 radical (unpaired) electrons. The molecule has 1 atom stereocenters. The van der Waals surface area contributed by atoms with E-state index < -0.39 is 6.10 Å². The van der Waals surface area contributed by atoms with E-state index in [0.29, 0.717) is 19.3 Å². The Balaban J connectivity index is 4.36. The number of allylic oxidation sites excluding steroid dienone is 10. The third-order valence-corrected chi connectivity index (χ3v) is 11.7. The van der Waals surface area contributed by atoms with Crippen LogP contribution in [0.3, 0.4) is 0 Å². The standard InChI is InChI=1S/C57H100O6/c1-4-7-10-13-16-19-22-24-26-27-28-29-31-32-35-38-41-44-47-50-56(59)62-53-54(52-61-55(58)49-46-43-40-37-34-21-18-15-12-9-6-3)63-57(60)51-48-45-42-39-36-33-30-25-23-20-17-14-11-8-5-2/h8,11,14,17,20,23,25,30,33,36,54H,4-7,9-10,12-13,15-16,18-19,21-22,24,26-29,31-32,34-35,37-53H2,1-3H3/b11-8-,17-14-,23-20-,30-25-,36-33-. The van der Waals surface area contributed by atoms with E-state index >= 15 is 0 Å². The SMILES string of the molecule is CC\C=C/C=C\C=C/C=C\C=C/CCCCCC(=O)OC(COC(=O)CCCCCCCCCCCCC)COC(=O)CCCCCCCCCCCCCCCCCCCCC. The first-order valence-electron chi connectivity index (χ1n) is 26.9. The number of ether oxygens (including phenoxy) is 3. The zero-order chi connectivity index (χ0) is 45.8. The Morgan fingerprint density at radius 2 is 0.619 bits per heavy atom. The Hall–Kier alpha value is -2.89. The first-order valence-corrected chi connectivity index (χ1v) is 26.9. The molecule has 0 saturated heterocycles. The van der Waals surface area contributed by atoms with Crippen molar-refractivity contribution < 1.29 is 28.6 Å².